The van der Waals surface area contributed by atoms with E-state index in [1.165, 1.54) is 13.2 Å². The maximum atomic E-state index is 12.5. The Morgan fingerprint density at radius 2 is 1.74 bits per heavy atom. The van der Waals surface area contributed by atoms with Crippen LogP contribution in [-0.2, 0) is 0 Å². The first-order chi connectivity index (χ1) is 11.2. The van der Waals surface area contributed by atoms with Crippen LogP contribution in [0, 0.1) is 0 Å². The molecule has 0 radical (unpaired) electrons. The zero-order valence-electron chi connectivity index (χ0n) is 13.0. The molecule has 3 rings (SSSR count). The topological polar surface area (TPSA) is 48.7 Å². The van der Waals surface area contributed by atoms with Gasteiger partial charge in [0.05, 0.1) is 19.6 Å². The van der Waals surface area contributed by atoms with Gasteiger partial charge in [0.1, 0.15) is 11.3 Å². The van der Waals surface area contributed by atoms with E-state index in [1.54, 1.807) is 25.3 Å². The fourth-order valence-electron chi connectivity index (χ4n) is 2.51. The van der Waals surface area contributed by atoms with Crippen LogP contribution in [0.2, 0.25) is 0 Å². The molecule has 116 valence electrons. The molecule has 1 aromatic heterocycles. The lowest BCUT2D eigenvalue weighted by atomic mass is 10.0. The number of fused-ring (bicyclic) bond motifs is 1. The standard InChI is InChI=1S/C19H16O4/c1-4-12-7-5-6-8-13(12)16-10-15(20)14-9-18(21-2)19(22-3)11-17(14)23-16/h4-11H,1H2,2-3H3. The summed E-state index contributed by atoms with van der Waals surface area (Å²) in [5.41, 5.74) is 2.02. The van der Waals surface area contributed by atoms with E-state index in [4.69, 9.17) is 13.9 Å². The van der Waals surface area contributed by atoms with Crippen molar-refractivity contribution in [3.63, 3.8) is 0 Å². The van der Waals surface area contributed by atoms with Gasteiger partial charge in [-0.2, -0.15) is 0 Å². The first-order valence-electron chi connectivity index (χ1n) is 7.09. The molecule has 3 aromatic rings. The second-order valence-electron chi connectivity index (χ2n) is 4.97. The summed E-state index contributed by atoms with van der Waals surface area (Å²) in [6.07, 6.45) is 1.73. The molecule has 0 aliphatic heterocycles. The number of ether oxygens (including phenoxy) is 2. The van der Waals surface area contributed by atoms with E-state index in [9.17, 15) is 4.79 Å². The van der Waals surface area contributed by atoms with Gasteiger partial charge in [-0.05, 0) is 11.6 Å². The van der Waals surface area contributed by atoms with Crippen molar-refractivity contribution < 1.29 is 13.9 Å². The number of methoxy groups -OCH3 is 2. The van der Waals surface area contributed by atoms with E-state index < -0.39 is 0 Å². The highest BCUT2D eigenvalue weighted by molar-refractivity contribution is 5.83. The molecule has 0 aliphatic rings. The molecule has 0 saturated carbocycles. The van der Waals surface area contributed by atoms with Crippen LogP contribution < -0.4 is 14.9 Å². The minimum Gasteiger partial charge on any atom is -0.493 e. The number of hydrogen-bond acceptors (Lipinski definition) is 4. The van der Waals surface area contributed by atoms with E-state index in [0.717, 1.165) is 11.1 Å². The molecule has 0 bridgehead atoms. The summed E-state index contributed by atoms with van der Waals surface area (Å²) in [6, 6.07) is 12.4. The molecule has 0 unspecified atom stereocenters. The summed E-state index contributed by atoms with van der Waals surface area (Å²) < 4.78 is 16.4. The highest BCUT2D eigenvalue weighted by Crippen LogP contribution is 2.33. The van der Waals surface area contributed by atoms with Gasteiger partial charge in [-0.15, -0.1) is 0 Å². The zero-order chi connectivity index (χ0) is 16.4. The van der Waals surface area contributed by atoms with Gasteiger partial charge < -0.3 is 13.9 Å². The molecule has 1 heterocycles. The molecule has 4 heteroatoms. The Kier molecular flexibility index (Phi) is 3.89. The maximum Gasteiger partial charge on any atom is 0.193 e. The summed E-state index contributed by atoms with van der Waals surface area (Å²) >= 11 is 0. The summed E-state index contributed by atoms with van der Waals surface area (Å²) in [5, 5.41) is 0.447. The largest absolute Gasteiger partial charge is 0.493 e. The Labute approximate surface area is 133 Å². The smallest absolute Gasteiger partial charge is 0.193 e. The van der Waals surface area contributed by atoms with E-state index >= 15 is 0 Å². The van der Waals surface area contributed by atoms with E-state index in [2.05, 4.69) is 6.58 Å². The van der Waals surface area contributed by atoms with Crippen molar-refractivity contribution in [3.05, 3.63) is 64.8 Å². The van der Waals surface area contributed by atoms with Gasteiger partial charge >= 0.3 is 0 Å². The molecule has 4 nitrogen and oxygen atoms in total. The fourth-order valence-corrected chi connectivity index (χ4v) is 2.51. The Morgan fingerprint density at radius 1 is 1.04 bits per heavy atom. The molecule has 0 fully saturated rings. The van der Waals surface area contributed by atoms with Gasteiger partial charge in [0.25, 0.3) is 0 Å². The molecular formula is C19H16O4. The van der Waals surface area contributed by atoms with E-state index in [0.29, 0.717) is 28.2 Å². The third-order valence-corrected chi connectivity index (χ3v) is 3.68. The van der Waals surface area contributed by atoms with Crippen LogP contribution in [0.15, 0.2) is 58.3 Å². The number of benzene rings is 2. The minimum atomic E-state index is -0.138. The van der Waals surface area contributed by atoms with Gasteiger partial charge in [-0.3, -0.25) is 4.79 Å². The van der Waals surface area contributed by atoms with Crippen molar-refractivity contribution >= 4 is 17.0 Å². The van der Waals surface area contributed by atoms with Gasteiger partial charge in [-0.25, -0.2) is 0 Å². The van der Waals surface area contributed by atoms with Crippen LogP contribution in [0.25, 0.3) is 28.4 Å². The van der Waals surface area contributed by atoms with Crippen molar-refractivity contribution in [2.75, 3.05) is 14.2 Å². The minimum absolute atomic E-state index is 0.138. The monoisotopic (exact) mass is 308 g/mol. The Hall–Kier alpha value is -3.01. The molecule has 0 spiro atoms. The van der Waals surface area contributed by atoms with Gasteiger partial charge in [0.15, 0.2) is 16.9 Å². The summed E-state index contributed by atoms with van der Waals surface area (Å²) in [5.74, 6) is 1.49. The van der Waals surface area contributed by atoms with E-state index in [1.807, 2.05) is 24.3 Å². The normalized spacial score (nSPS) is 10.5. The van der Waals surface area contributed by atoms with Gasteiger partial charge in [-0.1, -0.05) is 36.9 Å². The van der Waals surface area contributed by atoms with Gasteiger partial charge in [0, 0.05) is 17.7 Å². The Balaban J connectivity index is 2.29. The molecule has 0 aliphatic carbocycles. The lowest BCUT2D eigenvalue weighted by molar-refractivity contribution is 0.355. The molecule has 0 amide bonds. The predicted molar refractivity (Wildman–Crippen MR) is 91.1 cm³/mol. The zero-order valence-corrected chi connectivity index (χ0v) is 13.0. The van der Waals surface area contributed by atoms with Crippen molar-refractivity contribution in [2.24, 2.45) is 0 Å². The Morgan fingerprint density at radius 3 is 2.43 bits per heavy atom. The molecule has 0 atom stereocenters. The fraction of sp³-hybridized carbons (Fsp3) is 0.105. The van der Waals surface area contributed by atoms with Crippen LogP contribution in [0.1, 0.15) is 5.56 Å². The summed E-state index contributed by atoms with van der Waals surface area (Å²) in [7, 11) is 3.07. The molecular weight excluding hydrogens is 292 g/mol. The average Bonchev–Trinajstić information content (AvgIpc) is 2.60. The number of rotatable bonds is 4. The highest BCUT2D eigenvalue weighted by atomic mass is 16.5. The van der Waals surface area contributed by atoms with Crippen molar-refractivity contribution in [1.29, 1.82) is 0 Å². The molecule has 0 N–H and O–H groups in total. The first-order valence-corrected chi connectivity index (χ1v) is 7.09. The predicted octanol–water partition coefficient (Wildman–Crippen LogP) is 4.12. The third-order valence-electron chi connectivity index (χ3n) is 3.68. The van der Waals surface area contributed by atoms with Crippen LogP contribution in [0.3, 0.4) is 0 Å². The SMILES string of the molecule is C=Cc1ccccc1-c1cc(=O)c2cc(OC)c(OC)cc2o1. The second kappa shape index (κ2) is 6.01. The van der Waals surface area contributed by atoms with Crippen LogP contribution >= 0.6 is 0 Å². The van der Waals surface area contributed by atoms with Crippen molar-refractivity contribution in [1.82, 2.24) is 0 Å². The molecule has 2 aromatic carbocycles. The second-order valence-corrected chi connectivity index (χ2v) is 4.97. The van der Waals surface area contributed by atoms with Crippen molar-refractivity contribution in [3.8, 4) is 22.8 Å². The lowest BCUT2D eigenvalue weighted by Gasteiger charge is -2.10. The Bertz CT molecular complexity index is 938. The molecule has 0 saturated heterocycles. The lowest BCUT2D eigenvalue weighted by Crippen LogP contribution is -2.02. The average molecular weight is 308 g/mol. The first kappa shape index (κ1) is 14.9. The van der Waals surface area contributed by atoms with Crippen LogP contribution in [-0.4, -0.2) is 14.2 Å². The van der Waals surface area contributed by atoms with Crippen molar-refractivity contribution in [2.45, 2.75) is 0 Å². The van der Waals surface area contributed by atoms with Crippen LogP contribution in [0.4, 0.5) is 0 Å². The van der Waals surface area contributed by atoms with Crippen LogP contribution in [0.5, 0.6) is 11.5 Å². The molecule has 23 heavy (non-hydrogen) atoms. The van der Waals surface area contributed by atoms with Gasteiger partial charge in [0.2, 0.25) is 0 Å². The highest BCUT2D eigenvalue weighted by Gasteiger charge is 2.13. The van der Waals surface area contributed by atoms with E-state index in [-0.39, 0.29) is 5.43 Å². The summed E-state index contributed by atoms with van der Waals surface area (Å²) in [6.45, 7) is 3.80. The number of hydrogen-bond donors (Lipinski definition) is 0. The quantitative estimate of drug-likeness (QED) is 0.727. The third kappa shape index (κ3) is 2.59. The maximum absolute atomic E-state index is 12.5. The summed E-state index contributed by atoms with van der Waals surface area (Å²) in [4.78, 5) is 12.5.